The standard InChI is InChI=1S/C29H35N3.2ClH.Co/c1-7-22-14-11-15-23(8-2)28(22)30-20(5)26-18-13-19-27(32-26)21(6)31-29-24(9-3)16-12-17-25(29)10-4;;;/h11-19H,7-10H2,1-6H3;2*1H;/q;;;+2/p-2. The molecule has 0 aliphatic heterocycles. The molecule has 0 N–H and O–H groups in total. The van der Waals surface area contributed by atoms with Crippen molar-refractivity contribution < 1.29 is 41.6 Å². The van der Waals surface area contributed by atoms with Gasteiger partial charge in [-0.15, -0.1) is 0 Å². The molecule has 2 aromatic carbocycles. The topological polar surface area (TPSA) is 37.6 Å². The van der Waals surface area contributed by atoms with Crippen LogP contribution in [0, 0.1) is 0 Å². The number of aliphatic imine (C=N–C) groups is 2. The van der Waals surface area contributed by atoms with Gasteiger partial charge in [0.05, 0.1) is 34.2 Å². The number of hydrogen-bond acceptors (Lipinski definition) is 3. The number of hydrogen-bond donors (Lipinski definition) is 0. The van der Waals surface area contributed by atoms with Crippen molar-refractivity contribution in [3.63, 3.8) is 0 Å². The van der Waals surface area contributed by atoms with Crippen molar-refractivity contribution >= 4 is 22.8 Å². The van der Waals surface area contributed by atoms with Crippen LogP contribution in [0.1, 0.15) is 75.2 Å². The van der Waals surface area contributed by atoms with Gasteiger partial charge in [-0.05, 0) is 73.9 Å². The quantitative estimate of drug-likeness (QED) is 0.390. The molecule has 0 saturated carbocycles. The number of aromatic nitrogens is 1. The average molecular weight is 555 g/mol. The second-order valence-corrected chi connectivity index (χ2v) is 8.07. The summed E-state index contributed by atoms with van der Waals surface area (Å²) < 4.78 is 0. The summed E-state index contributed by atoms with van der Waals surface area (Å²) in [6.07, 6.45) is 3.87. The van der Waals surface area contributed by atoms with Crippen LogP contribution in [0.2, 0.25) is 0 Å². The van der Waals surface area contributed by atoms with Crippen LogP contribution in [-0.2, 0) is 42.5 Å². The first-order chi connectivity index (χ1) is 15.5. The molecule has 0 aliphatic carbocycles. The van der Waals surface area contributed by atoms with Gasteiger partial charge in [-0.2, -0.15) is 0 Å². The SMILES string of the molecule is CCc1cccc(CC)c1N=C(C)c1cccc(C(C)=Nc2c(CC)cccc2CC)n1.[Cl-].[Cl-].[Co+2]. The maximum atomic E-state index is 5.02. The third-order valence-corrected chi connectivity index (χ3v) is 5.98. The molecule has 0 saturated heterocycles. The minimum Gasteiger partial charge on any atom is -1.00 e. The molecule has 189 valence electrons. The summed E-state index contributed by atoms with van der Waals surface area (Å²) in [6.45, 7) is 12.8. The summed E-state index contributed by atoms with van der Waals surface area (Å²) in [6, 6.07) is 19.1. The molecule has 1 aromatic heterocycles. The van der Waals surface area contributed by atoms with E-state index in [2.05, 4.69) is 70.2 Å². The van der Waals surface area contributed by atoms with E-state index in [0.29, 0.717) is 0 Å². The van der Waals surface area contributed by atoms with Crippen LogP contribution < -0.4 is 24.8 Å². The predicted molar refractivity (Wildman–Crippen MR) is 138 cm³/mol. The number of pyridine rings is 1. The molecule has 1 radical (unpaired) electrons. The molecule has 0 fully saturated rings. The molecule has 1 heterocycles. The molecule has 3 nitrogen and oxygen atoms in total. The Morgan fingerprint density at radius 3 is 1.14 bits per heavy atom. The van der Waals surface area contributed by atoms with E-state index in [0.717, 1.165) is 59.9 Å². The van der Waals surface area contributed by atoms with E-state index in [1.807, 2.05) is 26.0 Å². The van der Waals surface area contributed by atoms with E-state index in [1.165, 1.54) is 22.3 Å². The van der Waals surface area contributed by atoms with E-state index >= 15 is 0 Å². The largest absolute Gasteiger partial charge is 2.00 e. The number of benzene rings is 2. The maximum Gasteiger partial charge on any atom is 2.00 e. The van der Waals surface area contributed by atoms with Gasteiger partial charge >= 0.3 is 16.8 Å². The normalized spacial score (nSPS) is 11.3. The van der Waals surface area contributed by atoms with Gasteiger partial charge in [0.2, 0.25) is 0 Å². The van der Waals surface area contributed by atoms with E-state index in [9.17, 15) is 0 Å². The number of aryl methyl sites for hydroxylation is 4. The fraction of sp³-hybridized carbons (Fsp3) is 0.345. The van der Waals surface area contributed by atoms with Crippen molar-refractivity contribution in [2.75, 3.05) is 0 Å². The third-order valence-electron chi connectivity index (χ3n) is 5.98. The second-order valence-electron chi connectivity index (χ2n) is 8.07. The van der Waals surface area contributed by atoms with Crippen molar-refractivity contribution in [3.05, 3.63) is 88.2 Å². The zero-order valence-corrected chi connectivity index (χ0v) is 24.0. The van der Waals surface area contributed by atoms with Gasteiger partial charge in [-0.25, -0.2) is 4.98 Å². The molecule has 35 heavy (non-hydrogen) atoms. The van der Waals surface area contributed by atoms with Crippen LogP contribution in [0.3, 0.4) is 0 Å². The van der Waals surface area contributed by atoms with Crippen molar-refractivity contribution in [1.82, 2.24) is 4.98 Å². The zero-order chi connectivity index (χ0) is 23.1. The number of para-hydroxylation sites is 2. The molecule has 6 heteroatoms. The Morgan fingerprint density at radius 1 is 0.571 bits per heavy atom. The molecule has 3 rings (SSSR count). The molecule has 0 aliphatic rings. The average Bonchev–Trinajstić information content (AvgIpc) is 2.84. The summed E-state index contributed by atoms with van der Waals surface area (Å²) in [5, 5.41) is 0. The molecule has 0 atom stereocenters. The van der Waals surface area contributed by atoms with Crippen LogP contribution in [-0.4, -0.2) is 16.4 Å². The van der Waals surface area contributed by atoms with Crippen LogP contribution in [0.25, 0.3) is 0 Å². The molecule has 0 unspecified atom stereocenters. The third kappa shape index (κ3) is 8.01. The maximum absolute atomic E-state index is 5.02. The van der Waals surface area contributed by atoms with Crippen molar-refractivity contribution in [2.45, 2.75) is 67.2 Å². The van der Waals surface area contributed by atoms with Gasteiger partial charge < -0.3 is 24.8 Å². The fourth-order valence-corrected chi connectivity index (χ4v) is 4.01. The van der Waals surface area contributed by atoms with Crippen molar-refractivity contribution in [1.29, 1.82) is 0 Å². The van der Waals surface area contributed by atoms with Gasteiger partial charge in [-0.3, -0.25) is 9.98 Å². The Morgan fingerprint density at radius 2 is 0.857 bits per heavy atom. The summed E-state index contributed by atoms with van der Waals surface area (Å²) >= 11 is 0. The molecular weight excluding hydrogens is 520 g/mol. The Bertz CT molecular complexity index is 1030. The van der Waals surface area contributed by atoms with Gasteiger partial charge in [0, 0.05) is 0 Å². The Balaban J connectivity index is 0.00000385. The molecule has 0 spiro atoms. The zero-order valence-electron chi connectivity index (χ0n) is 21.5. The van der Waals surface area contributed by atoms with E-state index < -0.39 is 0 Å². The molecule has 0 bridgehead atoms. The Kier molecular flexibility index (Phi) is 15.0. The predicted octanol–water partition coefficient (Wildman–Crippen LogP) is 1.62. The first-order valence-electron chi connectivity index (χ1n) is 11.8. The van der Waals surface area contributed by atoms with Gasteiger partial charge in [0.15, 0.2) is 0 Å². The number of nitrogens with zero attached hydrogens (tertiary/aromatic N) is 3. The van der Waals surface area contributed by atoms with Crippen molar-refractivity contribution in [2.24, 2.45) is 9.98 Å². The van der Waals surface area contributed by atoms with Crippen LogP contribution in [0.4, 0.5) is 11.4 Å². The first-order valence-corrected chi connectivity index (χ1v) is 11.8. The first kappa shape index (κ1) is 33.0. The summed E-state index contributed by atoms with van der Waals surface area (Å²) in [5.74, 6) is 0. The number of halogens is 2. The molecule has 0 amide bonds. The monoisotopic (exact) mass is 554 g/mol. The minimum atomic E-state index is 0. The van der Waals surface area contributed by atoms with Crippen LogP contribution in [0.15, 0.2) is 64.6 Å². The number of rotatable bonds is 8. The van der Waals surface area contributed by atoms with Crippen molar-refractivity contribution in [3.8, 4) is 0 Å². The van der Waals surface area contributed by atoms with Crippen LogP contribution in [0.5, 0.6) is 0 Å². The Labute approximate surface area is 234 Å². The van der Waals surface area contributed by atoms with Gasteiger partial charge in [-0.1, -0.05) is 70.2 Å². The van der Waals surface area contributed by atoms with Gasteiger partial charge in [0.1, 0.15) is 0 Å². The van der Waals surface area contributed by atoms with Crippen LogP contribution >= 0.6 is 0 Å². The second kappa shape index (κ2) is 15.9. The summed E-state index contributed by atoms with van der Waals surface area (Å²) in [5.41, 5.74) is 10.9. The molecule has 3 aromatic rings. The van der Waals surface area contributed by atoms with E-state index in [-0.39, 0.29) is 41.6 Å². The van der Waals surface area contributed by atoms with Gasteiger partial charge in [0.25, 0.3) is 0 Å². The van der Waals surface area contributed by atoms with E-state index in [1.54, 1.807) is 0 Å². The Hall–Kier alpha value is -1.98. The smallest absolute Gasteiger partial charge is 1.00 e. The minimum absolute atomic E-state index is 0. The fourth-order valence-electron chi connectivity index (χ4n) is 4.01. The van der Waals surface area contributed by atoms with E-state index in [4.69, 9.17) is 15.0 Å². The summed E-state index contributed by atoms with van der Waals surface area (Å²) in [7, 11) is 0. The summed E-state index contributed by atoms with van der Waals surface area (Å²) in [4.78, 5) is 15.0. The molecular formula is C29H35Cl2CoN3.